The predicted octanol–water partition coefficient (Wildman–Crippen LogP) is -0.272. The molecule has 1 atom stereocenters. The normalized spacial score (nSPS) is 18.2. The van der Waals surface area contributed by atoms with E-state index in [-0.39, 0.29) is 0 Å². The highest BCUT2D eigenvalue weighted by Crippen LogP contribution is 2.26. The fourth-order valence-electron chi connectivity index (χ4n) is 0. The number of nitrogens with two attached hydrogens (primary N) is 1. The molecule has 1 unspecified atom stereocenters. The van der Waals surface area contributed by atoms with Gasteiger partial charge < -0.3 is 4.89 Å². The van der Waals surface area contributed by atoms with E-state index in [9.17, 15) is 0 Å². The zero-order valence-electron chi connectivity index (χ0n) is 2.83. The fraction of sp³-hybridized carbons (Fsp3) is 0. The lowest BCUT2D eigenvalue weighted by molar-refractivity contribution is 0.634. The second kappa shape index (κ2) is 1.67. The molecule has 5 heteroatoms. The zero-order valence-corrected chi connectivity index (χ0v) is 4.54. The van der Waals surface area contributed by atoms with Gasteiger partial charge in [-0.05, 0) is 11.8 Å². The first-order chi connectivity index (χ1) is 2.56. The molecular weight excluding hydrogens is 119 g/mol. The molecule has 0 spiro atoms. The molecule has 0 amide bonds. The third-order valence-corrected chi connectivity index (χ3v) is 0.675. The Bertz CT molecular complexity index is 120. The van der Waals surface area contributed by atoms with Crippen molar-refractivity contribution in [2.75, 3.05) is 0 Å². The lowest BCUT2D eigenvalue weighted by Crippen LogP contribution is -1.85. The minimum absolute atomic E-state index is 1.36. The summed E-state index contributed by atoms with van der Waals surface area (Å²) in [7, 11) is 0. The Morgan fingerprint density at radius 2 is 2.17 bits per heavy atom. The first-order valence-corrected chi connectivity index (χ1v) is 3.91. The van der Waals surface area contributed by atoms with E-state index in [0.29, 0.717) is 0 Å². The van der Waals surface area contributed by atoms with Gasteiger partial charge in [0.05, 0.1) is 0 Å². The molecule has 0 aliphatic rings. The van der Waals surface area contributed by atoms with Crippen LogP contribution in [-0.4, -0.2) is 4.89 Å². The Morgan fingerprint density at radius 3 is 2.17 bits per heavy atom. The van der Waals surface area contributed by atoms with Crippen LogP contribution in [0.1, 0.15) is 0 Å². The van der Waals surface area contributed by atoms with E-state index < -0.39 is 6.42 Å². The molecule has 0 bridgehead atoms. The van der Waals surface area contributed by atoms with Gasteiger partial charge in [0, 0.05) is 0 Å². The van der Waals surface area contributed by atoms with Crippen LogP contribution in [0.5, 0.6) is 0 Å². The average Bonchev–Trinajstić information content (AvgIpc) is 1.35. The molecule has 0 fully saturated rings. The molecule has 3 N–H and O–H groups in total. The van der Waals surface area contributed by atoms with Gasteiger partial charge in [-0.25, -0.2) is 0 Å². The van der Waals surface area contributed by atoms with Crippen molar-refractivity contribution in [1.82, 2.24) is 0 Å². The SMILES string of the molecule is N#CP(N)(O)=S. The maximum absolute atomic E-state index is 8.17. The summed E-state index contributed by atoms with van der Waals surface area (Å²) in [6, 6.07) is 0. The monoisotopic (exact) mass is 122 g/mol. The van der Waals surface area contributed by atoms with Crippen molar-refractivity contribution in [2.24, 2.45) is 5.50 Å². The van der Waals surface area contributed by atoms with E-state index in [1.807, 2.05) is 0 Å². The molecule has 0 saturated carbocycles. The number of rotatable bonds is 0. The number of nitriles is 1. The van der Waals surface area contributed by atoms with Crippen LogP contribution in [0.4, 0.5) is 0 Å². The van der Waals surface area contributed by atoms with E-state index in [2.05, 4.69) is 17.3 Å². The van der Waals surface area contributed by atoms with Gasteiger partial charge in [-0.15, -0.1) is 0 Å². The third kappa shape index (κ3) is 4.06. The maximum atomic E-state index is 8.17. The highest BCUT2D eigenvalue weighted by Gasteiger charge is 1.96. The van der Waals surface area contributed by atoms with Gasteiger partial charge in [0.25, 0.3) is 0 Å². The molecule has 0 aromatic heterocycles. The first kappa shape index (κ1) is 6.06. The van der Waals surface area contributed by atoms with Crippen molar-refractivity contribution in [3.05, 3.63) is 0 Å². The van der Waals surface area contributed by atoms with Crippen molar-refractivity contribution in [1.29, 1.82) is 5.26 Å². The molecular formula is CH3N2OPS. The van der Waals surface area contributed by atoms with Crippen molar-refractivity contribution in [3.8, 4) is 5.81 Å². The van der Waals surface area contributed by atoms with Crippen LogP contribution >= 0.6 is 6.42 Å². The van der Waals surface area contributed by atoms with Crippen LogP contribution < -0.4 is 5.50 Å². The lowest BCUT2D eigenvalue weighted by Gasteiger charge is -1.87. The molecule has 0 aromatic carbocycles. The zero-order chi connectivity index (χ0) is 5.21. The van der Waals surface area contributed by atoms with Crippen LogP contribution in [0.15, 0.2) is 0 Å². The third-order valence-electron chi connectivity index (χ3n) is 0.143. The summed E-state index contributed by atoms with van der Waals surface area (Å²) in [6.45, 7) is 0. The van der Waals surface area contributed by atoms with Gasteiger partial charge in [-0.1, -0.05) is 0 Å². The second-order valence-corrected chi connectivity index (χ2v) is 3.84. The molecule has 0 saturated heterocycles. The molecule has 0 aliphatic heterocycles. The van der Waals surface area contributed by atoms with Gasteiger partial charge >= 0.3 is 0 Å². The Hall–Kier alpha value is 0.0600. The molecule has 6 heavy (non-hydrogen) atoms. The van der Waals surface area contributed by atoms with Crippen molar-refractivity contribution in [2.45, 2.75) is 0 Å². The topological polar surface area (TPSA) is 70.0 Å². The molecule has 0 rings (SSSR count). The first-order valence-electron chi connectivity index (χ1n) is 1.09. The molecule has 0 aliphatic carbocycles. The van der Waals surface area contributed by atoms with Crippen LogP contribution in [-0.2, 0) is 11.8 Å². The Morgan fingerprint density at radius 1 is 2.00 bits per heavy atom. The van der Waals surface area contributed by atoms with Gasteiger partial charge in [-0.3, -0.25) is 5.50 Å². The summed E-state index contributed by atoms with van der Waals surface area (Å²) in [5.74, 6) is 1.36. The molecule has 3 nitrogen and oxygen atoms in total. The highest BCUT2D eigenvalue weighted by atomic mass is 32.4. The number of nitrogens with zero attached hydrogens (tertiary/aromatic N) is 1. The van der Waals surface area contributed by atoms with Crippen LogP contribution in [0.2, 0.25) is 0 Å². The maximum Gasteiger partial charge on any atom is 0.224 e. The lowest BCUT2D eigenvalue weighted by atomic mass is 11.8. The second-order valence-electron chi connectivity index (χ2n) is 0.723. The van der Waals surface area contributed by atoms with E-state index in [4.69, 9.17) is 10.2 Å². The van der Waals surface area contributed by atoms with E-state index in [1.165, 1.54) is 5.81 Å². The van der Waals surface area contributed by atoms with Gasteiger partial charge in [0.2, 0.25) is 6.42 Å². The summed E-state index contributed by atoms with van der Waals surface area (Å²) in [4.78, 5) is 8.17. The summed E-state index contributed by atoms with van der Waals surface area (Å²) < 4.78 is 0. The molecule has 0 radical (unpaired) electrons. The largest absolute Gasteiger partial charge is 0.344 e. The van der Waals surface area contributed by atoms with Crippen molar-refractivity contribution in [3.63, 3.8) is 0 Å². The van der Waals surface area contributed by atoms with Crippen LogP contribution in [0.25, 0.3) is 0 Å². The fourth-order valence-corrected chi connectivity index (χ4v) is 0. The van der Waals surface area contributed by atoms with Crippen molar-refractivity contribution >= 4 is 18.2 Å². The Labute approximate surface area is 40.5 Å². The quantitative estimate of drug-likeness (QED) is 0.434. The van der Waals surface area contributed by atoms with Gasteiger partial charge in [0.1, 0.15) is 5.81 Å². The van der Waals surface area contributed by atoms with E-state index in [0.717, 1.165) is 0 Å². The van der Waals surface area contributed by atoms with Crippen LogP contribution in [0.3, 0.4) is 0 Å². The smallest absolute Gasteiger partial charge is 0.224 e. The Kier molecular flexibility index (Phi) is 1.69. The minimum atomic E-state index is -3.01. The van der Waals surface area contributed by atoms with E-state index >= 15 is 0 Å². The van der Waals surface area contributed by atoms with Crippen molar-refractivity contribution < 1.29 is 4.89 Å². The van der Waals surface area contributed by atoms with Crippen LogP contribution in [0, 0.1) is 11.1 Å². The summed E-state index contributed by atoms with van der Waals surface area (Å²) in [5.41, 5.74) is 4.66. The van der Waals surface area contributed by atoms with E-state index in [1.54, 1.807) is 0 Å². The number of hydrogen-bond acceptors (Lipinski definition) is 2. The number of hydrogen-bond donors (Lipinski definition) is 2. The molecule has 0 heterocycles. The molecule has 0 aromatic rings. The molecule has 34 valence electrons. The highest BCUT2D eigenvalue weighted by molar-refractivity contribution is 8.13. The standard InChI is InChI=1S/CH3N2OPS/c2-1-5(3,4)6/h(H3,3,4,6). The predicted molar refractivity (Wildman–Crippen MR) is 26.3 cm³/mol. The minimum Gasteiger partial charge on any atom is -0.344 e. The Balaban J connectivity index is 3.94. The summed E-state index contributed by atoms with van der Waals surface area (Å²) in [5, 5.41) is 7.72. The van der Waals surface area contributed by atoms with Gasteiger partial charge in [-0.2, -0.15) is 5.26 Å². The van der Waals surface area contributed by atoms with Gasteiger partial charge in [0.15, 0.2) is 0 Å². The average molecular weight is 122 g/mol. The summed E-state index contributed by atoms with van der Waals surface area (Å²) in [6.07, 6.45) is -3.01. The summed E-state index contributed by atoms with van der Waals surface area (Å²) >= 11 is 4.07.